The van der Waals surface area contributed by atoms with E-state index >= 15 is 0 Å². The van der Waals surface area contributed by atoms with Crippen molar-refractivity contribution in [1.82, 2.24) is 4.98 Å². The van der Waals surface area contributed by atoms with Crippen LogP contribution in [0.25, 0.3) is 10.9 Å². The highest BCUT2D eigenvalue weighted by Crippen LogP contribution is 2.23. The Bertz CT molecular complexity index is 537. The van der Waals surface area contributed by atoms with E-state index in [4.69, 9.17) is 11.6 Å². The highest BCUT2D eigenvalue weighted by molar-refractivity contribution is 6.30. The third-order valence-electron chi connectivity index (χ3n) is 2.64. The number of aryl methyl sites for hydroxylation is 2. The van der Waals surface area contributed by atoms with Gasteiger partial charge >= 0.3 is 0 Å². The van der Waals surface area contributed by atoms with Gasteiger partial charge in [-0.1, -0.05) is 24.9 Å². The smallest absolute Gasteiger partial charge is 0.132 e. The van der Waals surface area contributed by atoms with E-state index in [2.05, 4.69) is 11.9 Å². The van der Waals surface area contributed by atoms with Gasteiger partial charge in [-0.2, -0.15) is 0 Å². The lowest BCUT2D eigenvalue weighted by Gasteiger charge is -2.06. The average Bonchev–Trinajstić information content (AvgIpc) is 2.23. The molecule has 1 nitrogen and oxygen atoms in total. The molecule has 3 heteroatoms. The van der Waals surface area contributed by atoms with Gasteiger partial charge in [-0.25, -0.2) is 9.37 Å². The zero-order valence-corrected chi connectivity index (χ0v) is 10.1. The molecule has 2 rings (SSSR count). The molecule has 0 saturated carbocycles. The molecule has 0 unspecified atom stereocenters. The Balaban J connectivity index is 2.65. The number of rotatable bonds is 2. The molecule has 1 aromatic carbocycles. The first-order valence-corrected chi connectivity index (χ1v) is 5.75. The molecule has 84 valence electrons. The molecule has 0 aliphatic carbocycles. The topological polar surface area (TPSA) is 12.9 Å². The zero-order valence-electron chi connectivity index (χ0n) is 9.35. The van der Waals surface area contributed by atoms with Crippen LogP contribution in [0.2, 0.25) is 5.15 Å². The number of benzene rings is 1. The van der Waals surface area contributed by atoms with Crippen LogP contribution in [0.1, 0.15) is 24.5 Å². The maximum absolute atomic E-state index is 13.3. The highest BCUT2D eigenvalue weighted by atomic mass is 35.5. The van der Waals surface area contributed by atoms with E-state index in [0.717, 1.165) is 23.8 Å². The second-order valence-electron chi connectivity index (χ2n) is 3.98. The summed E-state index contributed by atoms with van der Waals surface area (Å²) in [5.41, 5.74) is 2.29. The summed E-state index contributed by atoms with van der Waals surface area (Å²) in [6, 6.07) is 5.25. The number of hydrogen-bond donors (Lipinski definition) is 0. The van der Waals surface area contributed by atoms with Gasteiger partial charge in [0.1, 0.15) is 11.0 Å². The number of fused-ring (bicyclic) bond motifs is 1. The van der Waals surface area contributed by atoms with Gasteiger partial charge in [0, 0.05) is 11.5 Å². The van der Waals surface area contributed by atoms with Gasteiger partial charge in [0.25, 0.3) is 0 Å². The predicted molar refractivity (Wildman–Crippen MR) is 65.4 cm³/mol. The minimum absolute atomic E-state index is 0.237. The normalized spacial score (nSPS) is 11.0. The molecule has 0 bridgehead atoms. The van der Waals surface area contributed by atoms with Crippen molar-refractivity contribution in [3.8, 4) is 0 Å². The monoisotopic (exact) mass is 237 g/mol. The number of hydrogen-bond acceptors (Lipinski definition) is 1. The molecular formula is C13H13ClFN. The van der Waals surface area contributed by atoms with Gasteiger partial charge in [0.2, 0.25) is 0 Å². The molecule has 0 atom stereocenters. The Morgan fingerprint density at radius 1 is 1.31 bits per heavy atom. The van der Waals surface area contributed by atoms with Crippen LogP contribution in [-0.2, 0) is 6.42 Å². The first-order chi connectivity index (χ1) is 7.61. The average molecular weight is 238 g/mol. The predicted octanol–water partition coefficient (Wildman–Crippen LogP) is 4.29. The molecule has 0 spiro atoms. The lowest BCUT2D eigenvalue weighted by atomic mass is 10.1. The summed E-state index contributed by atoms with van der Waals surface area (Å²) >= 11 is 6.04. The van der Waals surface area contributed by atoms with E-state index in [1.165, 1.54) is 6.07 Å². The number of pyridine rings is 1. The van der Waals surface area contributed by atoms with Crippen molar-refractivity contribution >= 4 is 22.5 Å². The summed E-state index contributed by atoms with van der Waals surface area (Å²) in [5.74, 6) is -0.237. The van der Waals surface area contributed by atoms with Gasteiger partial charge in [0.15, 0.2) is 0 Å². The minimum Gasteiger partial charge on any atom is -0.236 e. The Labute approximate surface area is 99.3 Å². The van der Waals surface area contributed by atoms with Gasteiger partial charge in [-0.15, -0.1) is 0 Å². The Hall–Kier alpha value is -1.15. The van der Waals surface area contributed by atoms with Crippen LogP contribution < -0.4 is 0 Å². The third kappa shape index (κ3) is 2.03. The number of halogens is 2. The summed E-state index contributed by atoms with van der Waals surface area (Å²) in [6.07, 6.45) is 1.92. The molecule has 0 N–H and O–H groups in total. The quantitative estimate of drug-likeness (QED) is 0.710. The molecule has 0 fully saturated rings. The van der Waals surface area contributed by atoms with Crippen LogP contribution in [0.15, 0.2) is 18.2 Å². The molecule has 0 aliphatic rings. The van der Waals surface area contributed by atoms with Crippen LogP contribution in [-0.4, -0.2) is 4.98 Å². The molecule has 0 radical (unpaired) electrons. The number of nitrogens with zero attached hydrogens (tertiary/aromatic N) is 1. The van der Waals surface area contributed by atoms with Crippen LogP contribution in [0.3, 0.4) is 0 Å². The van der Waals surface area contributed by atoms with Crippen molar-refractivity contribution < 1.29 is 4.39 Å². The van der Waals surface area contributed by atoms with E-state index in [0.29, 0.717) is 16.2 Å². The molecule has 16 heavy (non-hydrogen) atoms. The SMILES string of the molecule is CCCc1cc2cc(C)c(F)cc2nc1Cl. The molecule has 0 aliphatic heterocycles. The minimum atomic E-state index is -0.237. The summed E-state index contributed by atoms with van der Waals surface area (Å²) in [6.45, 7) is 3.85. The highest BCUT2D eigenvalue weighted by Gasteiger charge is 2.06. The largest absolute Gasteiger partial charge is 0.236 e. The second-order valence-corrected chi connectivity index (χ2v) is 4.34. The standard InChI is InChI=1S/C13H13ClFN/c1-3-4-9-6-10-5-8(2)11(15)7-12(10)16-13(9)14/h5-7H,3-4H2,1-2H3. The van der Waals surface area contributed by atoms with Crippen LogP contribution in [0, 0.1) is 12.7 Å². The Morgan fingerprint density at radius 2 is 2.06 bits per heavy atom. The first kappa shape index (κ1) is 11.3. The number of aromatic nitrogens is 1. The maximum atomic E-state index is 13.3. The van der Waals surface area contributed by atoms with Gasteiger partial charge in [-0.3, -0.25) is 0 Å². The van der Waals surface area contributed by atoms with E-state index in [-0.39, 0.29) is 5.82 Å². The lowest BCUT2D eigenvalue weighted by molar-refractivity contribution is 0.620. The molecule has 1 heterocycles. The summed E-state index contributed by atoms with van der Waals surface area (Å²) < 4.78 is 13.3. The molecule has 2 aromatic rings. The van der Waals surface area contributed by atoms with E-state index in [9.17, 15) is 4.39 Å². The van der Waals surface area contributed by atoms with Crippen molar-refractivity contribution in [2.24, 2.45) is 0 Å². The fourth-order valence-electron chi connectivity index (χ4n) is 1.78. The van der Waals surface area contributed by atoms with Crippen LogP contribution in [0.4, 0.5) is 4.39 Å². The molecule has 0 amide bonds. The van der Waals surface area contributed by atoms with E-state index in [1.807, 2.05) is 12.1 Å². The van der Waals surface area contributed by atoms with Crippen LogP contribution >= 0.6 is 11.6 Å². The van der Waals surface area contributed by atoms with Gasteiger partial charge in [0.05, 0.1) is 5.52 Å². The summed E-state index contributed by atoms with van der Waals surface area (Å²) in [5, 5.41) is 1.43. The first-order valence-electron chi connectivity index (χ1n) is 5.37. The Morgan fingerprint density at radius 3 is 2.75 bits per heavy atom. The maximum Gasteiger partial charge on any atom is 0.132 e. The van der Waals surface area contributed by atoms with Crippen molar-refractivity contribution in [2.45, 2.75) is 26.7 Å². The van der Waals surface area contributed by atoms with E-state index < -0.39 is 0 Å². The summed E-state index contributed by atoms with van der Waals surface area (Å²) in [4.78, 5) is 4.22. The molecule has 0 saturated heterocycles. The lowest BCUT2D eigenvalue weighted by Crippen LogP contribution is -1.92. The van der Waals surface area contributed by atoms with Crippen molar-refractivity contribution in [3.05, 3.63) is 40.3 Å². The summed E-state index contributed by atoms with van der Waals surface area (Å²) in [7, 11) is 0. The van der Waals surface area contributed by atoms with Crippen molar-refractivity contribution in [3.63, 3.8) is 0 Å². The van der Waals surface area contributed by atoms with Gasteiger partial charge < -0.3 is 0 Å². The second kappa shape index (κ2) is 4.38. The fraction of sp³-hybridized carbons (Fsp3) is 0.308. The fourth-order valence-corrected chi connectivity index (χ4v) is 2.02. The zero-order chi connectivity index (χ0) is 11.7. The van der Waals surface area contributed by atoms with Crippen molar-refractivity contribution in [1.29, 1.82) is 0 Å². The molecule has 1 aromatic heterocycles. The third-order valence-corrected chi connectivity index (χ3v) is 2.97. The Kier molecular flexibility index (Phi) is 3.10. The van der Waals surface area contributed by atoms with Gasteiger partial charge in [-0.05, 0) is 36.6 Å². The van der Waals surface area contributed by atoms with Crippen LogP contribution in [0.5, 0.6) is 0 Å². The molecular weight excluding hydrogens is 225 g/mol. The van der Waals surface area contributed by atoms with Crippen molar-refractivity contribution in [2.75, 3.05) is 0 Å². The van der Waals surface area contributed by atoms with E-state index in [1.54, 1.807) is 6.92 Å².